The van der Waals surface area contributed by atoms with E-state index in [1.165, 1.54) is 9.80 Å². The molecule has 0 bridgehead atoms. The fourth-order valence-corrected chi connectivity index (χ4v) is 3.49. The van der Waals surface area contributed by atoms with Crippen LogP contribution in [0.3, 0.4) is 0 Å². The van der Waals surface area contributed by atoms with Gasteiger partial charge in [-0.25, -0.2) is 13.6 Å². The molecule has 0 aliphatic carbocycles. The molecule has 1 heterocycles. The van der Waals surface area contributed by atoms with E-state index in [1.807, 2.05) is 42.5 Å². The number of halogens is 4. The third-order valence-corrected chi connectivity index (χ3v) is 5.26. The van der Waals surface area contributed by atoms with Gasteiger partial charge in [-0.05, 0) is 23.3 Å². The average Bonchev–Trinajstić information content (AvgIpc) is 2.78. The van der Waals surface area contributed by atoms with Crippen LogP contribution in [0.2, 0.25) is 0 Å². The molecular formula is C22H25F4N3O2. The first-order chi connectivity index (χ1) is 14.8. The third-order valence-electron chi connectivity index (χ3n) is 5.26. The quantitative estimate of drug-likeness (QED) is 0.663. The van der Waals surface area contributed by atoms with E-state index in [9.17, 15) is 22.4 Å². The van der Waals surface area contributed by atoms with Crippen molar-refractivity contribution in [3.8, 4) is 5.75 Å². The zero-order chi connectivity index (χ0) is 22.4. The normalized spacial score (nSPS) is 16.3. The first kappa shape index (κ1) is 22.9. The van der Waals surface area contributed by atoms with Gasteiger partial charge in [0.15, 0.2) is 0 Å². The Morgan fingerprint density at radius 1 is 1.00 bits per heavy atom. The van der Waals surface area contributed by atoms with E-state index in [4.69, 9.17) is 4.74 Å². The molecule has 0 spiro atoms. The summed E-state index contributed by atoms with van der Waals surface area (Å²) in [6.45, 7) is -0.453. The van der Waals surface area contributed by atoms with Gasteiger partial charge in [0.25, 0.3) is 0 Å². The summed E-state index contributed by atoms with van der Waals surface area (Å²) in [6, 6.07) is 16.0. The lowest BCUT2D eigenvalue weighted by molar-refractivity contribution is -0.144. The molecule has 31 heavy (non-hydrogen) atoms. The molecule has 9 heteroatoms. The number of nitrogens with zero attached hydrogens (tertiary/aromatic N) is 2. The lowest BCUT2D eigenvalue weighted by atomic mass is 9.98. The minimum atomic E-state index is -4.06. The van der Waals surface area contributed by atoms with Gasteiger partial charge in [-0.3, -0.25) is 4.90 Å². The molecule has 2 aromatic rings. The van der Waals surface area contributed by atoms with Crippen LogP contribution in [0.5, 0.6) is 5.75 Å². The van der Waals surface area contributed by atoms with Gasteiger partial charge in [0.1, 0.15) is 5.75 Å². The molecule has 1 saturated heterocycles. The molecule has 3 rings (SSSR count). The Hall–Kier alpha value is -2.81. The van der Waals surface area contributed by atoms with Gasteiger partial charge in [-0.1, -0.05) is 42.5 Å². The Kier molecular flexibility index (Phi) is 7.37. The summed E-state index contributed by atoms with van der Waals surface area (Å²) < 4.78 is 56.6. The summed E-state index contributed by atoms with van der Waals surface area (Å²) in [6.07, 6.45) is -3.70. The van der Waals surface area contributed by atoms with Crippen LogP contribution in [0.25, 0.3) is 0 Å². The molecule has 0 aromatic heterocycles. The standard InChI is InChI=1S/C22H25F4N3O2/c1-31-18-9-7-17(8-10-18)19(16-5-3-2-4-6-16)27-21(30)29-13-11-28(12-14-29)15-22(25,26)20(23)24/h2-10,19-20H,11-15H2,1H3,(H,27,30). The summed E-state index contributed by atoms with van der Waals surface area (Å²) in [4.78, 5) is 15.7. The number of ether oxygens (including phenoxy) is 1. The number of urea groups is 1. The molecule has 1 unspecified atom stereocenters. The number of amides is 2. The number of hydrogen-bond acceptors (Lipinski definition) is 3. The number of hydrogen-bond donors (Lipinski definition) is 1. The molecule has 1 aliphatic heterocycles. The molecule has 1 aliphatic rings. The number of alkyl halides is 4. The summed E-state index contributed by atoms with van der Waals surface area (Å²) in [5.74, 6) is -3.37. The maximum Gasteiger partial charge on any atom is 0.319 e. The summed E-state index contributed by atoms with van der Waals surface area (Å²) >= 11 is 0. The zero-order valence-corrected chi connectivity index (χ0v) is 17.1. The Bertz CT molecular complexity index is 842. The van der Waals surface area contributed by atoms with Crippen molar-refractivity contribution in [1.82, 2.24) is 15.1 Å². The van der Waals surface area contributed by atoms with Crippen molar-refractivity contribution in [1.29, 1.82) is 0 Å². The number of carbonyl (C=O) groups excluding carboxylic acids is 1. The fraction of sp³-hybridized carbons (Fsp3) is 0.409. The van der Waals surface area contributed by atoms with Crippen LogP contribution in [0.4, 0.5) is 22.4 Å². The number of piperazine rings is 1. The monoisotopic (exact) mass is 439 g/mol. The van der Waals surface area contributed by atoms with E-state index in [0.717, 1.165) is 11.1 Å². The third kappa shape index (κ3) is 5.88. The zero-order valence-electron chi connectivity index (χ0n) is 17.1. The number of nitrogens with one attached hydrogen (secondary N) is 1. The summed E-state index contributed by atoms with van der Waals surface area (Å²) in [5, 5.41) is 3.00. The largest absolute Gasteiger partial charge is 0.497 e. The van der Waals surface area contributed by atoms with Gasteiger partial charge in [-0.2, -0.15) is 8.78 Å². The number of methoxy groups -OCH3 is 1. The lowest BCUT2D eigenvalue weighted by Crippen LogP contribution is -2.55. The van der Waals surface area contributed by atoms with Crippen molar-refractivity contribution in [3.63, 3.8) is 0 Å². The highest BCUT2D eigenvalue weighted by Crippen LogP contribution is 2.26. The van der Waals surface area contributed by atoms with Crippen LogP contribution >= 0.6 is 0 Å². The summed E-state index contributed by atoms with van der Waals surface area (Å²) in [7, 11) is 1.57. The highest BCUT2D eigenvalue weighted by Gasteiger charge is 2.42. The van der Waals surface area contributed by atoms with E-state index in [0.29, 0.717) is 5.75 Å². The molecule has 1 atom stereocenters. The predicted octanol–water partition coefficient (Wildman–Crippen LogP) is 4.01. The van der Waals surface area contributed by atoms with Gasteiger partial charge in [-0.15, -0.1) is 0 Å². The second kappa shape index (κ2) is 10.00. The lowest BCUT2D eigenvalue weighted by Gasteiger charge is -2.36. The Morgan fingerprint density at radius 3 is 2.13 bits per heavy atom. The van der Waals surface area contributed by atoms with Crippen LogP contribution in [0.15, 0.2) is 54.6 Å². The van der Waals surface area contributed by atoms with Crippen LogP contribution in [0, 0.1) is 0 Å². The number of rotatable bonds is 7. The first-order valence-corrected chi connectivity index (χ1v) is 9.93. The molecule has 1 fully saturated rings. The van der Waals surface area contributed by atoms with E-state index in [2.05, 4.69) is 5.32 Å². The van der Waals surface area contributed by atoms with Crippen molar-refractivity contribution in [2.75, 3.05) is 39.8 Å². The maximum absolute atomic E-state index is 13.3. The molecule has 168 valence electrons. The van der Waals surface area contributed by atoms with Crippen molar-refractivity contribution in [2.45, 2.75) is 18.4 Å². The van der Waals surface area contributed by atoms with Crippen LogP contribution in [-0.4, -0.2) is 68.0 Å². The number of benzene rings is 2. The van der Waals surface area contributed by atoms with Crippen molar-refractivity contribution in [3.05, 3.63) is 65.7 Å². The molecule has 5 nitrogen and oxygen atoms in total. The van der Waals surface area contributed by atoms with Crippen LogP contribution in [0.1, 0.15) is 17.2 Å². The van der Waals surface area contributed by atoms with Gasteiger partial charge in [0.05, 0.1) is 19.7 Å². The molecule has 1 N–H and O–H groups in total. The van der Waals surface area contributed by atoms with Gasteiger partial charge < -0.3 is 15.0 Å². The van der Waals surface area contributed by atoms with Gasteiger partial charge in [0, 0.05) is 26.2 Å². The van der Waals surface area contributed by atoms with Crippen LogP contribution < -0.4 is 10.1 Å². The van der Waals surface area contributed by atoms with E-state index in [1.54, 1.807) is 19.2 Å². The Balaban J connectivity index is 1.66. The minimum Gasteiger partial charge on any atom is -0.497 e. The molecule has 2 aromatic carbocycles. The van der Waals surface area contributed by atoms with Gasteiger partial charge in [0.2, 0.25) is 0 Å². The topological polar surface area (TPSA) is 44.8 Å². The van der Waals surface area contributed by atoms with E-state index in [-0.39, 0.29) is 32.2 Å². The highest BCUT2D eigenvalue weighted by atomic mass is 19.3. The Labute approximate surface area is 178 Å². The second-order valence-corrected chi connectivity index (χ2v) is 7.39. The smallest absolute Gasteiger partial charge is 0.319 e. The number of carbonyl (C=O) groups is 1. The summed E-state index contributed by atoms with van der Waals surface area (Å²) in [5.41, 5.74) is 1.74. The Morgan fingerprint density at radius 2 is 1.58 bits per heavy atom. The average molecular weight is 439 g/mol. The van der Waals surface area contributed by atoms with Gasteiger partial charge >= 0.3 is 18.4 Å². The van der Waals surface area contributed by atoms with Crippen molar-refractivity contribution < 1.29 is 27.1 Å². The molecule has 2 amide bonds. The molecular weight excluding hydrogens is 414 g/mol. The van der Waals surface area contributed by atoms with Crippen LogP contribution in [-0.2, 0) is 0 Å². The minimum absolute atomic E-state index is 0.105. The predicted molar refractivity (Wildman–Crippen MR) is 109 cm³/mol. The molecule has 0 saturated carbocycles. The first-order valence-electron chi connectivity index (χ1n) is 9.93. The fourth-order valence-electron chi connectivity index (χ4n) is 3.49. The maximum atomic E-state index is 13.3. The van der Waals surface area contributed by atoms with E-state index >= 15 is 0 Å². The SMILES string of the molecule is COc1ccc(C(NC(=O)N2CCN(CC(F)(F)C(F)F)CC2)c2ccccc2)cc1. The highest BCUT2D eigenvalue weighted by molar-refractivity contribution is 5.75. The van der Waals surface area contributed by atoms with Crippen molar-refractivity contribution in [2.24, 2.45) is 0 Å². The molecule has 0 radical (unpaired) electrons. The van der Waals surface area contributed by atoms with E-state index < -0.39 is 24.9 Å². The second-order valence-electron chi connectivity index (χ2n) is 7.39. The van der Waals surface area contributed by atoms with Crippen molar-refractivity contribution >= 4 is 6.03 Å².